The molecule has 1 N–H and O–H groups in total. The van der Waals surface area contributed by atoms with Gasteiger partial charge in [0.15, 0.2) is 0 Å². The number of sulfonamides is 1. The quantitative estimate of drug-likeness (QED) is 0.733. The van der Waals surface area contributed by atoms with E-state index in [9.17, 15) is 26.4 Å². The summed E-state index contributed by atoms with van der Waals surface area (Å²) < 4.78 is 64.7. The molecule has 0 radical (unpaired) electrons. The number of hydrogen-bond acceptors (Lipinski definition) is 3. The first-order chi connectivity index (χ1) is 13.7. The highest BCUT2D eigenvalue weighted by Crippen LogP contribution is 2.23. The number of rotatable bonds is 6. The third-order valence-electron chi connectivity index (χ3n) is 4.46. The van der Waals surface area contributed by atoms with Gasteiger partial charge in [-0.2, -0.15) is 13.2 Å². The van der Waals surface area contributed by atoms with Crippen LogP contribution in [0.3, 0.4) is 0 Å². The lowest BCUT2D eigenvalue weighted by atomic mass is 9.87. The van der Waals surface area contributed by atoms with Crippen LogP contribution in [0, 0.1) is 0 Å². The van der Waals surface area contributed by atoms with Gasteiger partial charge in [-0.15, -0.1) is 0 Å². The van der Waals surface area contributed by atoms with Crippen molar-refractivity contribution in [3.05, 3.63) is 65.2 Å². The summed E-state index contributed by atoms with van der Waals surface area (Å²) >= 11 is 0. The Bertz CT molecular complexity index is 978. The minimum atomic E-state index is -4.48. The first-order valence-corrected chi connectivity index (χ1v) is 10.7. The predicted octanol–water partition coefficient (Wildman–Crippen LogP) is 4.10. The van der Waals surface area contributed by atoms with Gasteiger partial charge in [0.1, 0.15) is 6.54 Å². The van der Waals surface area contributed by atoms with Gasteiger partial charge in [0.25, 0.3) is 5.91 Å². The van der Waals surface area contributed by atoms with Crippen LogP contribution in [0.2, 0.25) is 0 Å². The third kappa shape index (κ3) is 6.56. The second-order valence-electron chi connectivity index (χ2n) is 8.07. The molecule has 0 atom stereocenters. The highest BCUT2D eigenvalue weighted by Gasteiger charge is 2.31. The molecule has 0 heterocycles. The maximum Gasteiger partial charge on any atom is 0.406 e. The van der Waals surface area contributed by atoms with Crippen molar-refractivity contribution in [2.75, 3.05) is 13.6 Å². The molecule has 0 bridgehead atoms. The standard InChI is InChI=1S/C21H25F3N2O3S/c1-20(2,3)17-9-11-18(12-10-17)30(28,29)25-13-15-5-7-16(8-6-15)19(27)26(4)14-21(22,23)24/h5-12,25H,13-14H2,1-4H3. The second-order valence-corrected chi connectivity index (χ2v) is 9.84. The van der Waals surface area contributed by atoms with Crippen molar-refractivity contribution in [3.63, 3.8) is 0 Å². The molecule has 164 valence electrons. The van der Waals surface area contributed by atoms with Crippen LogP contribution in [-0.2, 0) is 22.0 Å². The van der Waals surface area contributed by atoms with Gasteiger partial charge in [-0.3, -0.25) is 4.79 Å². The summed E-state index contributed by atoms with van der Waals surface area (Å²) in [5.41, 5.74) is 1.58. The number of alkyl halides is 3. The molecule has 2 rings (SSSR count). The number of amides is 1. The maximum atomic E-state index is 12.5. The number of hydrogen-bond donors (Lipinski definition) is 1. The van der Waals surface area contributed by atoms with E-state index in [-0.39, 0.29) is 22.4 Å². The maximum absolute atomic E-state index is 12.5. The highest BCUT2D eigenvalue weighted by atomic mass is 32.2. The first-order valence-electron chi connectivity index (χ1n) is 9.20. The van der Waals surface area contributed by atoms with E-state index < -0.39 is 28.7 Å². The Balaban J connectivity index is 2.03. The van der Waals surface area contributed by atoms with E-state index in [4.69, 9.17) is 0 Å². The van der Waals surface area contributed by atoms with E-state index in [0.29, 0.717) is 10.5 Å². The van der Waals surface area contributed by atoms with Crippen LogP contribution in [0.4, 0.5) is 13.2 Å². The van der Waals surface area contributed by atoms with Crippen molar-refractivity contribution in [1.29, 1.82) is 0 Å². The lowest BCUT2D eigenvalue weighted by molar-refractivity contribution is -0.138. The SMILES string of the molecule is CN(CC(F)(F)F)C(=O)c1ccc(CNS(=O)(=O)c2ccc(C(C)(C)C)cc2)cc1. The number of carbonyl (C=O) groups is 1. The molecule has 0 aromatic heterocycles. The highest BCUT2D eigenvalue weighted by molar-refractivity contribution is 7.89. The van der Waals surface area contributed by atoms with Gasteiger partial charge < -0.3 is 4.90 Å². The molecule has 0 saturated carbocycles. The molecular weight excluding hydrogens is 417 g/mol. The van der Waals surface area contributed by atoms with E-state index in [2.05, 4.69) is 4.72 Å². The van der Waals surface area contributed by atoms with Gasteiger partial charge in [0.05, 0.1) is 4.90 Å². The fourth-order valence-electron chi connectivity index (χ4n) is 2.72. The molecule has 0 fully saturated rings. The monoisotopic (exact) mass is 442 g/mol. The van der Waals surface area contributed by atoms with E-state index in [1.165, 1.54) is 24.3 Å². The van der Waals surface area contributed by atoms with Gasteiger partial charge in [0.2, 0.25) is 10.0 Å². The topological polar surface area (TPSA) is 66.5 Å². The van der Waals surface area contributed by atoms with Crippen LogP contribution in [0.25, 0.3) is 0 Å². The lowest BCUT2D eigenvalue weighted by Gasteiger charge is -2.19. The van der Waals surface area contributed by atoms with Gasteiger partial charge in [-0.05, 0) is 40.8 Å². The molecular formula is C21H25F3N2O3S. The van der Waals surface area contributed by atoms with Gasteiger partial charge >= 0.3 is 6.18 Å². The Morgan fingerprint density at radius 2 is 1.50 bits per heavy atom. The molecule has 0 aliphatic heterocycles. The third-order valence-corrected chi connectivity index (χ3v) is 5.88. The number of benzene rings is 2. The number of nitrogens with zero attached hydrogens (tertiary/aromatic N) is 1. The molecule has 2 aromatic carbocycles. The number of carbonyl (C=O) groups excluding carboxylic acids is 1. The summed E-state index contributed by atoms with van der Waals surface area (Å²) in [7, 11) is -2.66. The van der Waals surface area contributed by atoms with Gasteiger partial charge in [0, 0.05) is 19.2 Å². The van der Waals surface area contributed by atoms with Crippen LogP contribution in [-0.4, -0.2) is 39.0 Å². The van der Waals surface area contributed by atoms with E-state index in [0.717, 1.165) is 12.6 Å². The molecule has 0 aliphatic carbocycles. The van der Waals surface area contributed by atoms with Crippen molar-refractivity contribution in [1.82, 2.24) is 9.62 Å². The molecule has 5 nitrogen and oxygen atoms in total. The zero-order chi connectivity index (χ0) is 22.7. The summed E-state index contributed by atoms with van der Waals surface area (Å²) in [6.07, 6.45) is -4.48. The van der Waals surface area contributed by atoms with Crippen LogP contribution in [0.1, 0.15) is 42.3 Å². The molecule has 9 heteroatoms. The average Bonchev–Trinajstić information content (AvgIpc) is 2.64. The average molecular weight is 443 g/mol. The van der Waals surface area contributed by atoms with Crippen molar-refractivity contribution < 1.29 is 26.4 Å². The van der Waals surface area contributed by atoms with Gasteiger partial charge in [-0.25, -0.2) is 13.1 Å². The first kappa shape index (κ1) is 23.9. The van der Waals surface area contributed by atoms with E-state index in [1.54, 1.807) is 24.3 Å². The Labute approximate surface area is 175 Å². The lowest BCUT2D eigenvalue weighted by Crippen LogP contribution is -2.35. The van der Waals surface area contributed by atoms with Crippen molar-refractivity contribution in [2.24, 2.45) is 0 Å². The summed E-state index contributed by atoms with van der Waals surface area (Å²) in [6, 6.07) is 12.4. The summed E-state index contributed by atoms with van der Waals surface area (Å²) in [5.74, 6) is -0.765. The zero-order valence-electron chi connectivity index (χ0n) is 17.2. The Morgan fingerprint density at radius 3 is 1.97 bits per heavy atom. The van der Waals surface area contributed by atoms with Gasteiger partial charge in [-0.1, -0.05) is 45.0 Å². The van der Waals surface area contributed by atoms with Crippen LogP contribution in [0.15, 0.2) is 53.4 Å². The molecule has 1 amide bonds. The summed E-state index contributed by atoms with van der Waals surface area (Å²) in [5, 5.41) is 0. The number of nitrogens with one attached hydrogen (secondary N) is 1. The van der Waals surface area contributed by atoms with E-state index in [1.807, 2.05) is 20.8 Å². The van der Waals surface area contributed by atoms with Crippen LogP contribution < -0.4 is 4.72 Å². The minimum absolute atomic E-state index is 0.0176. The smallest absolute Gasteiger partial charge is 0.333 e. The molecule has 2 aromatic rings. The summed E-state index contributed by atoms with van der Waals surface area (Å²) in [6.45, 7) is 4.73. The normalized spacial score (nSPS) is 12.6. The Morgan fingerprint density at radius 1 is 0.967 bits per heavy atom. The molecule has 30 heavy (non-hydrogen) atoms. The van der Waals surface area contributed by atoms with Crippen molar-refractivity contribution in [3.8, 4) is 0 Å². The molecule has 0 saturated heterocycles. The molecule has 0 unspecified atom stereocenters. The zero-order valence-corrected chi connectivity index (χ0v) is 18.1. The van der Waals surface area contributed by atoms with Crippen LogP contribution >= 0.6 is 0 Å². The van der Waals surface area contributed by atoms with Crippen LogP contribution in [0.5, 0.6) is 0 Å². The van der Waals surface area contributed by atoms with Crippen molar-refractivity contribution >= 4 is 15.9 Å². The van der Waals surface area contributed by atoms with E-state index >= 15 is 0 Å². The van der Waals surface area contributed by atoms with Crippen molar-refractivity contribution in [2.45, 2.75) is 43.8 Å². The summed E-state index contributed by atoms with van der Waals surface area (Å²) in [4.78, 5) is 12.8. The minimum Gasteiger partial charge on any atom is -0.333 e. The largest absolute Gasteiger partial charge is 0.406 e. The molecule has 0 aliphatic rings. The number of halogens is 3. The Hall–Kier alpha value is -2.39. The fraction of sp³-hybridized carbons (Fsp3) is 0.381. The fourth-order valence-corrected chi connectivity index (χ4v) is 3.74. The molecule has 0 spiro atoms. The predicted molar refractivity (Wildman–Crippen MR) is 109 cm³/mol. The second kappa shape index (κ2) is 8.77. The Kier molecular flexibility index (Phi) is 6.98.